The summed E-state index contributed by atoms with van der Waals surface area (Å²) in [6.07, 6.45) is 1.87. The second-order valence-electron chi connectivity index (χ2n) is 19.7. The molecular formula is C63H58IrN3-. The number of benzene rings is 7. The van der Waals surface area contributed by atoms with Crippen molar-refractivity contribution < 1.29 is 20.1 Å². The molecule has 7 aromatic carbocycles. The summed E-state index contributed by atoms with van der Waals surface area (Å²) >= 11 is 0. The molecule has 0 unspecified atom stereocenters. The second kappa shape index (κ2) is 19.0. The molecule has 0 bridgehead atoms. The van der Waals surface area contributed by atoms with Crippen LogP contribution in [-0.4, -0.2) is 15.0 Å². The van der Waals surface area contributed by atoms with Crippen LogP contribution in [0.25, 0.3) is 45.2 Å². The Labute approximate surface area is 411 Å². The molecule has 0 aliphatic rings. The van der Waals surface area contributed by atoms with Crippen LogP contribution in [0, 0.1) is 6.07 Å². The average molecular weight is 1050 g/mol. The number of pyridine rings is 1. The molecule has 1 radical (unpaired) electrons. The van der Waals surface area contributed by atoms with Crippen molar-refractivity contribution in [3.63, 3.8) is 0 Å². The molecule has 3 nitrogen and oxygen atoms in total. The summed E-state index contributed by atoms with van der Waals surface area (Å²) < 4.78 is 0. The smallest absolute Gasteiger partial charge is 0.161 e. The molecule has 0 spiro atoms. The van der Waals surface area contributed by atoms with Crippen LogP contribution in [0.3, 0.4) is 0 Å². The number of nitrogens with zero attached hydrogens (tertiary/aromatic N) is 3. The first-order valence-corrected chi connectivity index (χ1v) is 23.1. The van der Waals surface area contributed by atoms with Crippen LogP contribution < -0.4 is 0 Å². The summed E-state index contributed by atoms with van der Waals surface area (Å²) in [6, 6.07) is 75.0. The maximum absolute atomic E-state index is 5.19. The Kier molecular flexibility index (Phi) is 13.3. The standard InChI is InChI=1S/C63H58N3.Ir/c1-60(2,48-20-14-10-15-21-48)52-33-37-54(38-34-52)62(5,6)50-29-24-45(25-30-50)57-42-58(66-59(65-57)47-28-41-56(64-43-47)44-18-12-9-13-19-44)46-26-31-51(32-27-46)63(7,8)55-39-35-53(36-40-55)61(3,4)49-22-16-11-17-23-49;/h9-18,20-43H,1-8H3;/q-1;. The molecule has 0 amide bonds. The number of rotatable bonds is 12. The fraction of sp³-hybridized carbons (Fsp3) is 0.190. The van der Waals surface area contributed by atoms with Crippen molar-refractivity contribution in [2.24, 2.45) is 0 Å². The Hall–Kier alpha value is -6.58. The van der Waals surface area contributed by atoms with Crippen molar-refractivity contribution in [2.75, 3.05) is 0 Å². The molecule has 335 valence electrons. The Balaban J connectivity index is 0.00000608. The third kappa shape index (κ3) is 9.52. The van der Waals surface area contributed by atoms with Crippen LogP contribution in [0.1, 0.15) is 99.9 Å². The van der Waals surface area contributed by atoms with Gasteiger partial charge in [-0.15, -0.1) is 35.9 Å². The summed E-state index contributed by atoms with van der Waals surface area (Å²) in [5.74, 6) is 0.629. The van der Waals surface area contributed by atoms with Gasteiger partial charge in [0, 0.05) is 64.7 Å². The molecule has 4 heteroatoms. The third-order valence-electron chi connectivity index (χ3n) is 14.2. The van der Waals surface area contributed by atoms with E-state index in [9.17, 15) is 0 Å². The van der Waals surface area contributed by atoms with E-state index in [1.165, 1.54) is 44.5 Å². The van der Waals surface area contributed by atoms with Crippen molar-refractivity contribution >= 4 is 0 Å². The molecule has 0 aliphatic carbocycles. The molecule has 0 fully saturated rings. The van der Waals surface area contributed by atoms with Gasteiger partial charge in [0.05, 0.1) is 11.4 Å². The van der Waals surface area contributed by atoms with Crippen LogP contribution >= 0.6 is 0 Å². The van der Waals surface area contributed by atoms with E-state index in [2.05, 4.69) is 231 Å². The number of hydrogen-bond donors (Lipinski definition) is 0. The largest absolute Gasteiger partial charge is 0.304 e. The van der Waals surface area contributed by atoms with E-state index >= 15 is 0 Å². The Morgan fingerprint density at radius 1 is 0.328 bits per heavy atom. The van der Waals surface area contributed by atoms with Gasteiger partial charge in [0.15, 0.2) is 5.82 Å². The van der Waals surface area contributed by atoms with Gasteiger partial charge in [0.25, 0.3) is 0 Å². The van der Waals surface area contributed by atoms with Crippen molar-refractivity contribution in [1.82, 2.24) is 15.0 Å². The fourth-order valence-electron chi connectivity index (χ4n) is 9.21. The maximum atomic E-state index is 5.19. The van der Waals surface area contributed by atoms with Crippen molar-refractivity contribution in [2.45, 2.75) is 77.0 Å². The van der Waals surface area contributed by atoms with Crippen molar-refractivity contribution in [3.8, 4) is 45.2 Å². The van der Waals surface area contributed by atoms with Crippen LogP contribution in [0.5, 0.6) is 0 Å². The first-order valence-electron chi connectivity index (χ1n) is 23.1. The molecule has 9 aromatic rings. The molecule has 2 heterocycles. The maximum Gasteiger partial charge on any atom is 0.161 e. The zero-order chi connectivity index (χ0) is 46.1. The summed E-state index contributed by atoms with van der Waals surface area (Å²) in [4.78, 5) is 15.2. The van der Waals surface area contributed by atoms with Gasteiger partial charge in [-0.3, -0.25) is 0 Å². The minimum Gasteiger partial charge on any atom is -0.304 e. The molecule has 0 saturated heterocycles. The minimum atomic E-state index is -0.212. The molecule has 0 saturated carbocycles. The summed E-state index contributed by atoms with van der Waals surface area (Å²) in [5.41, 5.74) is 16.1. The van der Waals surface area contributed by atoms with E-state index in [4.69, 9.17) is 15.0 Å². The van der Waals surface area contributed by atoms with E-state index in [1.807, 2.05) is 36.5 Å². The predicted molar refractivity (Wildman–Crippen MR) is 275 cm³/mol. The number of aromatic nitrogens is 3. The third-order valence-corrected chi connectivity index (χ3v) is 14.2. The first-order chi connectivity index (χ1) is 31.7. The van der Waals surface area contributed by atoms with Gasteiger partial charge in [-0.1, -0.05) is 225 Å². The quantitative estimate of drug-likeness (QED) is 0.114. The zero-order valence-electron chi connectivity index (χ0n) is 39.8. The molecule has 0 atom stereocenters. The van der Waals surface area contributed by atoms with Gasteiger partial charge in [-0.25, -0.2) is 9.97 Å². The van der Waals surface area contributed by atoms with E-state index in [0.717, 1.165) is 39.3 Å². The molecule has 0 N–H and O–H groups in total. The number of hydrogen-bond acceptors (Lipinski definition) is 3. The molecule has 0 aliphatic heterocycles. The van der Waals surface area contributed by atoms with E-state index in [1.54, 1.807) is 0 Å². The van der Waals surface area contributed by atoms with E-state index in [0.29, 0.717) is 5.82 Å². The fourth-order valence-corrected chi connectivity index (χ4v) is 9.21. The van der Waals surface area contributed by atoms with Gasteiger partial charge in [-0.2, -0.15) is 0 Å². The van der Waals surface area contributed by atoms with Gasteiger partial charge in [-0.05, 0) is 56.3 Å². The normalized spacial score (nSPS) is 12.1. The minimum absolute atomic E-state index is 0. The summed E-state index contributed by atoms with van der Waals surface area (Å²) in [7, 11) is 0. The van der Waals surface area contributed by atoms with Crippen molar-refractivity contribution in [3.05, 3.63) is 257 Å². The Morgan fingerprint density at radius 2 is 0.657 bits per heavy atom. The van der Waals surface area contributed by atoms with Crippen LogP contribution in [-0.2, 0) is 41.8 Å². The first kappa shape index (κ1) is 46.9. The molecule has 9 rings (SSSR count). The molecule has 67 heavy (non-hydrogen) atoms. The van der Waals surface area contributed by atoms with Gasteiger partial charge >= 0.3 is 0 Å². The van der Waals surface area contributed by atoms with E-state index < -0.39 is 0 Å². The zero-order valence-corrected chi connectivity index (χ0v) is 42.2. The van der Waals surface area contributed by atoms with Gasteiger partial charge in [0.1, 0.15) is 0 Å². The van der Waals surface area contributed by atoms with Gasteiger partial charge in [0.2, 0.25) is 0 Å². The topological polar surface area (TPSA) is 38.7 Å². The SMILES string of the molecule is CC(C)(c1ccccc1)c1ccc(C(C)(C)c2ccc(-c3cc(-c4ccc(C(C)(C)c5ccc(C(C)(C)c6ccccc6)cc5)cc4)nc(-c4ccc(-c5[c-]cccc5)nc4)n3)cc2)cc1.[Ir]. The average Bonchev–Trinajstić information content (AvgIpc) is 3.37. The van der Waals surface area contributed by atoms with Crippen LogP contribution in [0.4, 0.5) is 0 Å². The Bertz CT molecular complexity index is 2880. The molecule has 2 aromatic heterocycles. The second-order valence-corrected chi connectivity index (χ2v) is 19.7. The predicted octanol–water partition coefficient (Wildman–Crippen LogP) is 15.6. The van der Waals surface area contributed by atoms with E-state index in [-0.39, 0.29) is 41.8 Å². The summed E-state index contributed by atoms with van der Waals surface area (Å²) in [5, 5.41) is 0. The van der Waals surface area contributed by atoms with Gasteiger partial charge < -0.3 is 4.98 Å². The summed E-state index contributed by atoms with van der Waals surface area (Å²) in [6.45, 7) is 18.4. The van der Waals surface area contributed by atoms with Crippen molar-refractivity contribution in [1.29, 1.82) is 0 Å². The monoisotopic (exact) mass is 1050 g/mol. The van der Waals surface area contributed by atoms with Crippen LogP contribution in [0.15, 0.2) is 206 Å². The van der Waals surface area contributed by atoms with Crippen LogP contribution in [0.2, 0.25) is 0 Å². The Morgan fingerprint density at radius 3 is 0.985 bits per heavy atom. The molecular weight excluding hydrogens is 991 g/mol.